The molecule has 0 aromatic heterocycles. The molecule has 0 amide bonds. The summed E-state index contributed by atoms with van der Waals surface area (Å²) < 4.78 is 0. The normalized spacial score (nSPS) is 22.2. The van der Waals surface area contributed by atoms with Gasteiger partial charge in [-0.15, -0.1) is 0 Å². The molecule has 20 heavy (non-hydrogen) atoms. The zero-order chi connectivity index (χ0) is 14.3. The minimum absolute atomic E-state index is 0.254. The molecule has 4 heteroatoms. The van der Waals surface area contributed by atoms with Gasteiger partial charge in [0, 0.05) is 29.1 Å². The van der Waals surface area contributed by atoms with Crippen molar-refractivity contribution in [2.24, 2.45) is 11.0 Å². The molecule has 1 aliphatic heterocycles. The van der Waals surface area contributed by atoms with Gasteiger partial charge in [-0.2, -0.15) is 5.10 Å². The van der Waals surface area contributed by atoms with Crippen LogP contribution in [-0.2, 0) is 4.79 Å². The van der Waals surface area contributed by atoms with Gasteiger partial charge in [0.15, 0.2) is 5.78 Å². The van der Waals surface area contributed by atoms with Crippen LogP contribution in [0.5, 0.6) is 0 Å². The fourth-order valence-corrected chi connectivity index (χ4v) is 2.92. The van der Waals surface area contributed by atoms with Crippen molar-refractivity contribution in [3.05, 3.63) is 45.6 Å². The molecule has 1 aliphatic carbocycles. The Kier molecular flexibility index (Phi) is 3.38. The Morgan fingerprint density at radius 3 is 2.90 bits per heavy atom. The van der Waals surface area contributed by atoms with Gasteiger partial charge >= 0.3 is 0 Å². The van der Waals surface area contributed by atoms with E-state index in [4.69, 9.17) is 11.6 Å². The van der Waals surface area contributed by atoms with Gasteiger partial charge in [-0.25, -0.2) is 0 Å². The monoisotopic (exact) mass is 288 g/mol. The van der Waals surface area contributed by atoms with Gasteiger partial charge in [0.05, 0.1) is 5.71 Å². The first-order valence-electron chi connectivity index (χ1n) is 6.89. The molecule has 0 saturated heterocycles. The number of hydrogen-bond acceptors (Lipinski definition) is 3. The van der Waals surface area contributed by atoms with E-state index in [2.05, 4.69) is 17.5 Å². The molecule has 0 spiro atoms. The second-order valence-corrected chi connectivity index (χ2v) is 6.11. The lowest BCUT2D eigenvalue weighted by molar-refractivity contribution is -0.117. The Labute approximate surface area is 123 Å². The number of nitrogens with zero attached hydrogens (tertiary/aromatic N) is 1. The number of carbonyl (C=O) groups is 1. The molecule has 0 fully saturated rings. The summed E-state index contributed by atoms with van der Waals surface area (Å²) in [5, 5.41) is 5.19. The predicted octanol–water partition coefficient (Wildman–Crippen LogP) is 3.60. The summed E-state index contributed by atoms with van der Waals surface area (Å²) >= 11 is 6.05. The van der Waals surface area contributed by atoms with Gasteiger partial charge in [-0.05, 0) is 42.5 Å². The SMILES string of the molecule is Cc1cc(C2=NNC3=C(C2)C(=O)CC(C)C3)ccc1Cl. The number of nitrogens with one attached hydrogen (secondary N) is 1. The molecule has 3 rings (SSSR count). The van der Waals surface area contributed by atoms with E-state index in [-0.39, 0.29) is 5.78 Å². The van der Waals surface area contributed by atoms with E-state index in [1.54, 1.807) is 0 Å². The molecule has 104 valence electrons. The van der Waals surface area contributed by atoms with Gasteiger partial charge in [0.1, 0.15) is 0 Å². The van der Waals surface area contributed by atoms with Crippen molar-refractivity contribution >= 4 is 23.1 Å². The second-order valence-electron chi connectivity index (χ2n) is 5.70. The fourth-order valence-electron chi connectivity index (χ4n) is 2.80. The number of halogens is 1. The zero-order valence-electron chi connectivity index (χ0n) is 11.7. The van der Waals surface area contributed by atoms with Crippen molar-refractivity contribution in [3.63, 3.8) is 0 Å². The number of Topliss-reactive ketones (excluding diaryl/α,β-unsaturated/α-hetero) is 1. The number of ketones is 1. The minimum Gasteiger partial charge on any atom is -0.294 e. The topological polar surface area (TPSA) is 41.5 Å². The summed E-state index contributed by atoms with van der Waals surface area (Å²) in [5.74, 6) is 0.660. The summed E-state index contributed by atoms with van der Waals surface area (Å²) in [7, 11) is 0. The highest BCUT2D eigenvalue weighted by Crippen LogP contribution is 2.30. The maximum absolute atomic E-state index is 12.2. The largest absolute Gasteiger partial charge is 0.294 e. The quantitative estimate of drug-likeness (QED) is 0.858. The van der Waals surface area contributed by atoms with E-state index in [1.807, 2.05) is 25.1 Å². The van der Waals surface area contributed by atoms with Crippen molar-refractivity contribution in [1.29, 1.82) is 0 Å². The highest BCUT2D eigenvalue weighted by Gasteiger charge is 2.28. The Bertz CT molecular complexity index is 646. The lowest BCUT2D eigenvalue weighted by Crippen LogP contribution is -2.29. The highest BCUT2D eigenvalue weighted by atomic mass is 35.5. The number of benzene rings is 1. The Morgan fingerprint density at radius 1 is 1.35 bits per heavy atom. The van der Waals surface area contributed by atoms with Crippen LogP contribution in [0.2, 0.25) is 5.02 Å². The summed E-state index contributed by atoms with van der Waals surface area (Å²) in [6.45, 7) is 4.08. The smallest absolute Gasteiger partial charge is 0.161 e. The molecule has 3 nitrogen and oxygen atoms in total. The van der Waals surface area contributed by atoms with Crippen molar-refractivity contribution in [2.75, 3.05) is 0 Å². The first-order valence-corrected chi connectivity index (χ1v) is 7.26. The van der Waals surface area contributed by atoms with E-state index in [1.165, 1.54) is 0 Å². The van der Waals surface area contributed by atoms with Crippen molar-refractivity contribution < 1.29 is 4.79 Å². The third-order valence-corrected chi connectivity index (χ3v) is 4.37. The maximum atomic E-state index is 12.2. The Hall–Kier alpha value is -1.61. The average molecular weight is 289 g/mol. The summed E-state index contributed by atoms with van der Waals surface area (Å²) in [6, 6.07) is 5.85. The van der Waals surface area contributed by atoms with Gasteiger partial charge < -0.3 is 0 Å². The Balaban J connectivity index is 1.88. The van der Waals surface area contributed by atoms with Crippen LogP contribution >= 0.6 is 11.6 Å². The van der Waals surface area contributed by atoms with Gasteiger partial charge in [-0.3, -0.25) is 10.2 Å². The first kappa shape index (κ1) is 13.4. The van der Waals surface area contributed by atoms with E-state index in [9.17, 15) is 4.79 Å². The molecule has 2 aliphatic rings. The molecule has 0 saturated carbocycles. The average Bonchev–Trinajstić information content (AvgIpc) is 2.41. The molecule has 0 radical (unpaired) electrons. The van der Waals surface area contributed by atoms with Crippen molar-refractivity contribution in [2.45, 2.75) is 33.1 Å². The van der Waals surface area contributed by atoms with Crippen molar-refractivity contribution in [3.8, 4) is 0 Å². The number of carbonyl (C=O) groups excluding carboxylic acids is 1. The van der Waals surface area contributed by atoms with Crippen LogP contribution in [0.25, 0.3) is 0 Å². The molecule has 1 heterocycles. The van der Waals surface area contributed by atoms with Gasteiger partial charge in [0.2, 0.25) is 0 Å². The third-order valence-electron chi connectivity index (χ3n) is 3.95. The van der Waals surface area contributed by atoms with Crippen LogP contribution in [0.3, 0.4) is 0 Å². The fraction of sp³-hybridized carbons (Fsp3) is 0.375. The number of allylic oxidation sites excluding steroid dienone is 2. The lowest BCUT2D eigenvalue weighted by atomic mass is 9.84. The minimum atomic E-state index is 0.254. The van der Waals surface area contributed by atoms with Crippen LogP contribution < -0.4 is 5.43 Å². The molecule has 1 N–H and O–H groups in total. The number of rotatable bonds is 1. The Morgan fingerprint density at radius 2 is 2.15 bits per heavy atom. The predicted molar refractivity (Wildman–Crippen MR) is 80.9 cm³/mol. The van der Waals surface area contributed by atoms with Crippen LogP contribution in [-0.4, -0.2) is 11.5 Å². The molecular formula is C16H17ClN2O. The molecule has 1 aromatic rings. The zero-order valence-corrected chi connectivity index (χ0v) is 12.4. The van der Waals surface area contributed by atoms with Crippen molar-refractivity contribution in [1.82, 2.24) is 5.43 Å². The van der Waals surface area contributed by atoms with Crippen LogP contribution in [0.15, 0.2) is 34.6 Å². The van der Waals surface area contributed by atoms with E-state index < -0.39 is 0 Å². The lowest BCUT2D eigenvalue weighted by Gasteiger charge is -2.27. The molecule has 0 bridgehead atoms. The van der Waals surface area contributed by atoms with Crippen LogP contribution in [0.1, 0.15) is 37.3 Å². The summed E-state index contributed by atoms with van der Waals surface area (Å²) in [5.41, 5.74) is 7.94. The summed E-state index contributed by atoms with van der Waals surface area (Å²) in [6.07, 6.45) is 2.18. The summed E-state index contributed by atoms with van der Waals surface area (Å²) in [4.78, 5) is 12.2. The van der Waals surface area contributed by atoms with E-state index in [0.717, 1.165) is 39.6 Å². The van der Waals surface area contributed by atoms with Gasteiger partial charge in [-0.1, -0.05) is 24.6 Å². The van der Waals surface area contributed by atoms with Gasteiger partial charge in [0.25, 0.3) is 0 Å². The second kappa shape index (κ2) is 5.06. The third kappa shape index (κ3) is 2.38. The molecule has 1 atom stereocenters. The van der Waals surface area contributed by atoms with E-state index >= 15 is 0 Å². The maximum Gasteiger partial charge on any atom is 0.161 e. The molecule has 1 unspecified atom stereocenters. The molecular weight excluding hydrogens is 272 g/mol. The number of aryl methyl sites for hydroxylation is 1. The standard InChI is InChI=1S/C16H17ClN2O/c1-9-5-15-12(16(20)6-9)8-14(18-19-15)11-3-4-13(17)10(2)7-11/h3-4,7,9,19H,5-6,8H2,1-2H3. The van der Waals surface area contributed by atoms with Crippen LogP contribution in [0, 0.1) is 12.8 Å². The van der Waals surface area contributed by atoms with E-state index in [0.29, 0.717) is 18.8 Å². The molecule has 1 aromatic carbocycles. The van der Waals surface area contributed by atoms with Crippen LogP contribution in [0.4, 0.5) is 0 Å². The first-order chi connectivity index (χ1) is 9.54. The number of hydrogen-bond donors (Lipinski definition) is 1. The number of hydrazone groups is 1. The highest BCUT2D eigenvalue weighted by molar-refractivity contribution is 6.31.